The van der Waals surface area contributed by atoms with Crippen molar-refractivity contribution in [2.24, 2.45) is 7.05 Å². The van der Waals surface area contributed by atoms with Crippen LogP contribution in [0.5, 0.6) is 0 Å². The Morgan fingerprint density at radius 3 is 2.25 bits per heavy atom. The number of hydrogen-bond acceptors (Lipinski definition) is 3. The summed E-state index contributed by atoms with van der Waals surface area (Å²) in [5.41, 5.74) is 1.72. The lowest BCUT2D eigenvalue weighted by Gasteiger charge is -2.21. The molecule has 0 radical (unpaired) electrons. The molecule has 3 aromatic carbocycles. The zero-order chi connectivity index (χ0) is 22.4. The van der Waals surface area contributed by atoms with Crippen molar-refractivity contribution in [1.82, 2.24) is 14.1 Å². The molecule has 5 nitrogen and oxygen atoms in total. The second-order valence-electron chi connectivity index (χ2n) is 7.81. The van der Waals surface area contributed by atoms with Crippen LogP contribution in [0, 0.1) is 5.82 Å². The zero-order valence-electron chi connectivity index (χ0n) is 17.6. The molecule has 0 fully saturated rings. The van der Waals surface area contributed by atoms with Gasteiger partial charge in [-0.05, 0) is 48.9 Å². The highest BCUT2D eigenvalue weighted by Crippen LogP contribution is 2.26. The van der Waals surface area contributed by atoms with Gasteiger partial charge in [0.05, 0.1) is 11.6 Å². The van der Waals surface area contributed by atoms with Gasteiger partial charge in [0.2, 0.25) is 5.43 Å². The Kier molecular flexibility index (Phi) is 4.70. The van der Waals surface area contributed by atoms with Gasteiger partial charge >= 0.3 is 0 Å². The van der Waals surface area contributed by atoms with Crippen molar-refractivity contribution in [2.75, 3.05) is 0 Å². The molecule has 0 unspecified atom stereocenters. The van der Waals surface area contributed by atoms with Gasteiger partial charge in [-0.2, -0.15) is 0 Å². The quantitative estimate of drug-likeness (QED) is 0.395. The minimum Gasteiger partial charge on any atom is -0.328 e. The predicted molar refractivity (Wildman–Crippen MR) is 124 cm³/mol. The summed E-state index contributed by atoms with van der Waals surface area (Å²) in [7, 11) is 1.79. The minimum absolute atomic E-state index is 0.0415. The normalized spacial score (nSPS) is 12.3. The van der Waals surface area contributed by atoms with Crippen molar-refractivity contribution in [3.05, 3.63) is 111 Å². The molecule has 0 N–H and O–H groups in total. The SMILES string of the molecule is C[C@H](c1ccccc1)n1c(-c2ccc(F)cc2)nc2c(c(=O)c3ccccc3n2C)c1=O. The first-order valence-electron chi connectivity index (χ1n) is 10.3. The second kappa shape index (κ2) is 7.57. The van der Waals surface area contributed by atoms with Gasteiger partial charge in [-0.1, -0.05) is 42.5 Å². The Bertz CT molecular complexity index is 1590. The molecule has 0 saturated carbocycles. The number of rotatable bonds is 3. The van der Waals surface area contributed by atoms with E-state index in [0.717, 1.165) is 5.56 Å². The Morgan fingerprint density at radius 2 is 1.53 bits per heavy atom. The molecule has 0 bridgehead atoms. The Hall–Kier alpha value is -4.06. The molecule has 5 rings (SSSR count). The number of para-hydroxylation sites is 1. The first kappa shape index (κ1) is 19.9. The van der Waals surface area contributed by atoms with E-state index in [0.29, 0.717) is 27.9 Å². The van der Waals surface area contributed by atoms with E-state index >= 15 is 0 Å². The summed E-state index contributed by atoms with van der Waals surface area (Å²) in [6, 6.07) is 22.2. The van der Waals surface area contributed by atoms with Crippen LogP contribution in [0.15, 0.2) is 88.5 Å². The summed E-state index contributed by atoms with van der Waals surface area (Å²) in [6.07, 6.45) is 0. The fourth-order valence-corrected chi connectivity index (χ4v) is 4.21. The number of hydrogen-bond donors (Lipinski definition) is 0. The lowest BCUT2D eigenvalue weighted by atomic mass is 10.1. The number of aromatic nitrogens is 3. The smallest absolute Gasteiger partial charge is 0.267 e. The molecule has 158 valence electrons. The van der Waals surface area contributed by atoms with Crippen molar-refractivity contribution < 1.29 is 4.39 Å². The van der Waals surface area contributed by atoms with Crippen LogP contribution < -0.4 is 11.0 Å². The Labute approximate surface area is 183 Å². The van der Waals surface area contributed by atoms with Crippen molar-refractivity contribution in [3.8, 4) is 11.4 Å². The number of halogens is 1. The van der Waals surface area contributed by atoms with Gasteiger partial charge in [0.1, 0.15) is 17.0 Å². The van der Waals surface area contributed by atoms with Crippen LogP contribution in [0.1, 0.15) is 18.5 Å². The maximum Gasteiger partial charge on any atom is 0.267 e. The number of pyridine rings is 1. The fraction of sp³-hybridized carbons (Fsp3) is 0.115. The van der Waals surface area contributed by atoms with Crippen LogP contribution in [0.25, 0.3) is 33.3 Å². The van der Waals surface area contributed by atoms with Crippen LogP contribution >= 0.6 is 0 Å². The topological polar surface area (TPSA) is 56.9 Å². The molecule has 0 saturated heterocycles. The Morgan fingerprint density at radius 1 is 0.875 bits per heavy atom. The van der Waals surface area contributed by atoms with Crippen LogP contribution in [0.3, 0.4) is 0 Å². The summed E-state index contributed by atoms with van der Waals surface area (Å²) in [4.78, 5) is 32.0. The van der Waals surface area contributed by atoms with Gasteiger partial charge in [-0.3, -0.25) is 14.2 Å². The van der Waals surface area contributed by atoms with E-state index < -0.39 is 11.6 Å². The zero-order valence-corrected chi connectivity index (χ0v) is 17.6. The fourth-order valence-electron chi connectivity index (χ4n) is 4.21. The van der Waals surface area contributed by atoms with E-state index in [1.54, 1.807) is 35.9 Å². The summed E-state index contributed by atoms with van der Waals surface area (Å²) < 4.78 is 16.9. The van der Waals surface area contributed by atoms with Gasteiger partial charge in [-0.15, -0.1) is 0 Å². The molecule has 0 aliphatic rings. The standard InChI is InChI=1S/C26H20FN3O2/c1-16(17-8-4-3-5-9-17)30-24(18-12-14-19(27)15-13-18)28-25-22(26(30)32)23(31)20-10-6-7-11-21(20)29(25)2/h3-16H,1-2H3/t16-/m1/s1. The Balaban J connectivity index is 1.95. The van der Waals surface area contributed by atoms with Crippen LogP contribution in [0.4, 0.5) is 4.39 Å². The van der Waals surface area contributed by atoms with Crippen molar-refractivity contribution in [3.63, 3.8) is 0 Å². The number of aryl methyl sites for hydroxylation is 1. The van der Waals surface area contributed by atoms with Crippen molar-refractivity contribution in [2.45, 2.75) is 13.0 Å². The summed E-state index contributed by atoms with van der Waals surface area (Å²) >= 11 is 0. The summed E-state index contributed by atoms with van der Waals surface area (Å²) in [5, 5.41) is 0.509. The maximum absolute atomic E-state index is 13.9. The highest BCUT2D eigenvalue weighted by atomic mass is 19.1. The average molecular weight is 425 g/mol. The van der Waals surface area contributed by atoms with Gasteiger partial charge < -0.3 is 4.57 Å². The molecule has 0 amide bonds. The number of fused-ring (bicyclic) bond motifs is 2. The third-order valence-electron chi connectivity index (χ3n) is 5.92. The van der Waals surface area contributed by atoms with Crippen molar-refractivity contribution >= 4 is 21.9 Å². The third kappa shape index (κ3) is 3.03. The summed E-state index contributed by atoms with van der Waals surface area (Å²) in [5.74, 6) is 0.00192. The first-order valence-corrected chi connectivity index (χ1v) is 10.3. The van der Waals surface area contributed by atoms with Gasteiger partial charge in [-0.25, -0.2) is 9.37 Å². The average Bonchev–Trinajstić information content (AvgIpc) is 2.82. The van der Waals surface area contributed by atoms with Gasteiger partial charge in [0.25, 0.3) is 5.56 Å². The van der Waals surface area contributed by atoms with Crippen molar-refractivity contribution in [1.29, 1.82) is 0 Å². The molecule has 6 heteroatoms. The van der Waals surface area contributed by atoms with E-state index in [2.05, 4.69) is 0 Å². The van der Waals surface area contributed by atoms with E-state index in [1.807, 2.05) is 49.4 Å². The van der Waals surface area contributed by atoms with E-state index in [4.69, 9.17) is 4.98 Å². The number of benzene rings is 3. The lowest BCUT2D eigenvalue weighted by molar-refractivity contribution is 0.614. The lowest BCUT2D eigenvalue weighted by Crippen LogP contribution is -2.31. The van der Waals surface area contributed by atoms with E-state index in [-0.39, 0.29) is 16.6 Å². The van der Waals surface area contributed by atoms with E-state index in [1.165, 1.54) is 16.7 Å². The van der Waals surface area contributed by atoms with E-state index in [9.17, 15) is 14.0 Å². The molecular formula is C26H20FN3O2. The summed E-state index contributed by atoms with van der Waals surface area (Å²) in [6.45, 7) is 1.89. The second-order valence-corrected chi connectivity index (χ2v) is 7.81. The first-order chi connectivity index (χ1) is 15.5. The minimum atomic E-state index is -0.419. The predicted octanol–water partition coefficient (Wildman–Crippen LogP) is 4.66. The van der Waals surface area contributed by atoms with Crippen LogP contribution in [0.2, 0.25) is 0 Å². The molecule has 1 atom stereocenters. The highest BCUT2D eigenvalue weighted by molar-refractivity contribution is 5.92. The third-order valence-corrected chi connectivity index (χ3v) is 5.92. The molecule has 0 aliphatic carbocycles. The molecule has 0 spiro atoms. The maximum atomic E-state index is 13.9. The molecule has 2 aromatic heterocycles. The molecular weight excluding hydrogens is 405 g/mol. The molecule has 32 heavy (non-hydrogen) atoms. The monoisotopic (exact) mass is 425 g/mol. The largest absolute Gasteiger partial charge is 0.328 e. The molecule has 5 aromatic rings. The van der Waals surface area contributed by atoms with Crippen LogP contribution in [-0.4, -0.2) is 14.1 Å². The molecule has 2 heterocycles. The number of nitrogens with zero attached hydrogens (tertiary/aromatic N) is 3. The van der Waals surface area contributed by atoms with Gasteiger partial charge in [0.15, 0.2) is 5.65 Å². The van der Waals surface area contributed by atoms with Crippen LogP contribution in [-0.2, 0) is 7.05 Å². The molecule has 0 aliphatic heterocycles. The van der Waals surface area contributed by atoms with Gasteiger partial charge in [0, 0.05) is 18.0 Å². The highest BCUT2D eigenvalue weighted by Gasteiger charge is 2.22.